The molecule has 202 valence electrons. The summed E-state index contributed by atoms with van der Waals surface area (Å²) in [5, 5.41) is 24.6. The summed E-state index contributed by atoms with van der Waals surface area (Å²) in [5.74, 6) is -1.55. The SMILES string of the molecule is CC[C@@]1(O)C(=O)OCc2c1cc1n(c2=O)Cc2c-1nc1cc(F)c(C)c3c1c2[C@@H](NC(=O)[C@@H]1C[C@H]1CO)CC3. The number of aromatic nitrogens is 2. The first kappa shape index (κ1) is 24.4. The van der Waals surface area contributed by atoms with Gasteiger partial charge in [0.2, 0.25) is 5.91 Å². The molecule has 0 radical (unpaired) electrons. The summed E-state index contributed by atoms with van der Waals surface area (Å²) in [7, 11) is 0. The van der Waals surface area contributed by atoms with E-state index >= 15 is 4.39 Å². The Labute approximate surface area is 222 Å². The first-order valence-electron chi connectivity index (χ1n) is 13.4. The van der Waals surface area contributed by atoms with Gasteiger partial charge in [0.15, 0.2) is 5.60 Å². The van der Waals surface area contributed by atoms with Crippen molar-refractivity contribution in [2.45, 2.75) is 64.3 Å². The summed E-state index contributed by atoms with van der Waals surface area (Å²) in [5.41, 5.74) is 2.45. The molecule has 0 bridgehead atoms. The van der Waals surface area contributed by atoms with Crippen LogP contribution in [0.2, 0.25) is 0 Å². The molecule has 9 nitrogen and oxygen atoms in total. The van der Waals surface area contributed by atoms with Gasteiger partial charge in [-0.15, -0.1) is 0 Å². The number of nitrogens with zero attached hydrogens (tertiary/aromatic N) is 2. The van der Waals surface area contributed by atoms with Crippen LogP contribution in [0.15, 0.2) is 16.9 Å². The number of aliphatic hydroxyl groups excluding tert-OH is 1. The first-order chi connectivity index (χ1) is 18.7. The van der Waals surface area contributed by atoms with Crippen LogP contribution in [-0.4, -0.2) is 38.2 Å². The van der Waals surface area contributed by atoms with Gasteiger partial charge in [-0.1, -0.05) is 6.92 Å². The number of hydrogen-bond donors (Lipinski definition) is 3. The largest absolute Gasteiger partial charge is 0.458 e. The van der Waals surface area contributed by atoms with E-state index in [9.17, 15) is 24.6 Å². The molecule has 4 heterocycles. The van der Waals surface area contributed by atoms with Crippen molar-refractivity contribution in [3.63, 3.8) is 0 Å². The van der Waals surface area contributed by atoms with Crippen LogP contribution in [-0.2, 0) is 39.5 Å². The van der Waals surface area contributed by atoms with Gasteiger partial charge >= 0.3 is 5.97 Å². The number of hydrogen-bond acceptors (Lipinski definition) is 7. The Morgan fingerprint density at radius 3 is 2.79 bits per heavy atom. The maximum atomic E-state index is 15.0. The third-order valence-electron chi connectivity index (χ3n) is 9.19. The lowest BCUT2D eigenvalue weighted by Crippen LogP contribution is -2.44. The van der Waals surface area contributed by atoms with E-state index in [0.717, 1.165) is 22.1 Å². The molecular weight excluding hydrogens is 505 g/mol. The van der Waals surface area contributed by atoms with Crippen LogP contribution in [0.1, 0.15) is 65.6 Å². The molecule has 1 aromatic carbocycles. The van der Waals surface area contributed by atoms with Gasteiger partial charge in [-0.05, 0) is 61.3 Å². The second kappa shape index (κ2) is 8.19. The molecule has 0 saturated heterocycles. The molecule has 1 fully saturated rings. The number of esters is 1. The molecule has 4 atom stereocenters. The first-order valence-corrected chi connectivity index (χ1v) is 13.4. The van der Waals surface area contributed by atoms with Crippen molar-refractivity contribution in [2.75, 3.05) is 6.61 Å². The molecule has 0 spiro atoms. The zero-order valence-corrected chi connectivity index (χ0v) is 21.6. The van der Waals surface area contributed by atoms with Crippen molar-refractivity contribution >= 4 is 22.8 Å². The summed E-state index contributed by atoms with van der Waals surface area (Å²) in [4.78, 5) is 44.1. The Morgan fingerprint density at radius 2 is 2.08 bits per heavy atom. The number of fused-ring (bicyclic) bond motifs is 5. The summed E-state index contributed by atoms with van der Waals surface area (Å²) < 4.78 is 21.7. The fourth-order valence-electron chi connectivity index (χ4n) is 6.75. The van der Waals surface area contributed by atoms with E-state index in [4.69, 9.17) is 9.72 Å². The van der Waals surface area contributed by atoms with Crippen LogP contribution in [0.3, 0.4) is 0 Å². The summed E-state index contributed by atoms with van der Waals surface area (Å²) in [6, 6.07) is 2.66. The highest BCUT2D eigenvalue weighted by atomic mass is 19.1. The molecule has 3 aromatic rings. The van der Waals surface area contributed by atoms with E-state index in [1.165, 1.54) is 6.07 Å². The monoisotopic (exact) mass is 533 g/mol. The van der Waals surface area contributed by atoms with Crippen LogP contribution in [0.5, 0.6) is 0 Å². The number of amides is 1. The van der Waals surface area contributed by atoms with Gasteiger partial charge < -0.3 is 24.8 Å². The van der Waals surface area contributed by atoms with Gasteiger partial charge in [0.25, 0.3) is 5.56 Å². The fraction of sp³-hybridized carbons (Fsp3) is 0.448. The van der Waals surface area contributed by atoms with Crippen molar-refractivity contribution in [2.24, 2.45) is 11.8 Å². The number of carbonyl (C=O) groups excluding carboxylic acids is 2. The second-order valence-electron chi connectivity index (χ2n) is 11.2. The molecule has 3 N–H and O–H groups in total. The van der Waals surface area contributed by atoms with Gasteiger partial charge in [-0.3, -0.25) is 9.59 Å². The van der Waals surface area contributed by atoms with Crippen molar-refractivity contribution in [1.29, 1.82) is 0 Å². The number of pyridine rings is 2. The van der Waals surface area contributed by atoms with Crippen LogP contribution in [0.25, 0.3) is 22.3 Å². The molecule has 10 heteroatoms. The summed E-state index contributed by atoms with van der Waals surface area (Å²) >= 11 is 0. The fourth-order valence-corrected chi connectivity index (χ4v) is 6.75. The predicted octanol–water partition coefficient (Wildman–Crippen LogP) is 2.26. The number of aryl methyl sites for hydroxylation is 1. The summed E-state index contributed by atoms with van der Waals surface area (Å²) in [6.07, 6.45) is 1.80. The van der Waals surface area contributed by atoms with Crippen LogP contribution in [0.4, 0.5) is 4.39 Å². The molecule has 39 heavy (non-hydrogen) atoms. The molecule has 1 saturated carbocycles. The maximum absolute atomic E-state index is 15.0. The van der Waals surface area contributed by atoms with E-state index in [2.05, 4.69) is 5.32 Å². The average molecular weight is 534 g/mol. The number of ether oxygens (including phenoxy) is 1. The number of benzene rings is 1. The van der Waals surface area contributed by atoms with E-state index < -0.39 is 11.6 Å². The van der Waals surface area contributed by atoms with Crippen molar-refractivity contribution in [3.8, 4) is 11.4 Å². The van der Waals surface area contributed by atoms with Gasteiger partial charge in [0, 0.05) is 35.1 Å². The summed E-state index contributed by atoms with van der Waals surface area (Å²) in [6.45, 7) is 3.32. The Morgan fingerprint density at radius 1 is 1.28 bits per heavy atom. The van der Waals surface area contributed by atoms with Crippen molar-refractivity contribution in [1.82, 2.24) is 14.9 Å². The van der Waals surface area contributed by atoms with Crippen molar-refractivity contribution < 1.29 is 28.9 Å². The van der Waals surface area contributed by atoms with Crippen molar-refractivity contribution in [3.05, 3.63) is 61.7 Å². The van der Waals surface area contributed by atoms with E-state index in [1.54, 1.807) is 24.5 Å². The lowest BCUT2D eigenvalue weighted by molar-refractivity contribution is -0.172. The quantitative estimate of drug-likeness (QED) is 0.343. The number of aliphatic hydroxyl groups is 2. The van der Waals surface area contributed by atoms with E-state index in [1.807, 2.05) is 0 Å². The smallest absolute Gasteiger partial charge is 0.343 e. The second-order valence-corrected chi connectivity index (χ2v) is 11.2. The van der Waals surface area contributed by atoms with Crippen LogP contribution in [0, 0.1) is 24.6 Å². The Balaban J connectivity index is 1.45. The number of carbonyl (C=O) groups is 2. The lowest BCUT2D eigenvalue weighted by atomic mass is 9.81. The minimum atomic E-state index is -1.95. The zero-order chi connectivity index (χ0) is 27.4. The van der Waals surface area contributed by atoms with Crippen LogP contribution < -0.4 is 10.9 Å². The van der Waals surface area contributed by atoms with Gasteiger partial charge in [0.05, 0.1) is 35.1 Å². The minimum absolute atomic E-state index is 0.0296. The number of halogens is 1. The molecule has 0 unspecified atom stereocenters. The van der Waals surface area contributed by atoms with Gasteiger partial charge in [-0.2, -0.15) is 0 Å². The third kappa shape index (κ3) is 3.24. The normalized spacial score (nSPS) is 26.1. The number of rotatable bonds is 4. The molecular formula is C29H28FN3O6. The Kier molecular flexibility index (Phi) is 5.13. The van der Waals surface area contributed by atoms with E-state index in [-0.39, 0.29) is 72.5 Å². The third-order valence-corrected chi connectivity index (χ3v) is 9.19. The molecule has 1 amide bonds. The minimum Gasteiger partial charge on any atom is -0.458 e. The van der Waals surface area contributed by atoms with Crippen LogP contribution >= 0.6 is 0 Å². The number of cyclic esters (lactones) is 1. The topological polar surface area (TPSA) is 131 Å². The van der Waals surface area contributed by atoms with Gasteiger partial charge in [0.1, 0.15) is 12.4 Å². The molecule has 4 aliphatic rings. The maximum Gasteiger partial charge on any atom is 0.343 e. The average Bonchev–Trinajstić information content (AvgIpc) is 3.64. The highest BCUT2D eigenvalue weighted by Gasteiger charge is 2.46. The standard InChI is InChI=1S/C29H28FN3O6/c1-3-29(38)18-7-22-25-16(9-33(22)27(36)17(18)11-39-28(29)37)24-20(32-26(35)15-6-13(15)10-34)5-4-14-12(2)19(30)8-21(31-25)23(14)24/h7-8,13,15,20,34,38H,3-6,9-11H2,1-2H3,(H,32,35)/t13-,15+,20-,29-/m0/s1. The molecule has 7 rings (SSSR count). The highest BCUT2D eigenvalue weighted by Crippen LogP contribution is 2.46. The Bertz CT molecular complexity index is 1700. The lowest BCUT2D eigenvalue weighted by Gasteiger charge is -2.31. The Hall–Kier alpha value is -3.63. The van der Waals surface area contributed by atoms with Gasteiger partial charge in [-0.25, -0.2) is 14.2 Å². The molecule has 2 aliphatic carbocycles. The zero-order valence-electron chi connectivity index (χ0n) is 21.6. The van der Waals surface area contributed by atoms with E-state index in [0.29, 0.717) is 41.7 Å². The molecule has 2 aliphatic heterocycles. The number of nitrogens with one attached hydrogen (secondary N) is 1. The predicted molar refractivity (Wildman–Crippen MR) is 137 cm³/mol. The highest BCUT2D eigenvalue weighted by molar-refractivity contribution is 5.94. The molecule has 2 aromatic heterocycles.